The van der Waals surface area contributed by atoms with Gasteiger partial charge in [0.25, 0.3) is 0 Å². The van der Waals surface area contributed by atoms with Crippen LogP contribution in [0.1, 0.15) is 16.0 Å². The lowest BCUT2D eigenvalue weighted by Crippen LogP contribution is -2.13. The molecule has 0 unspecified atom stereocenters. The number of hydrogen-bond donors (Lipinski definition) is 1. The van der Waals surface area contributed by atoms with Gasteiger partial charge in [0.1, 0.15) is 0 Å². The number of rotatable bonds is 5. The lowest BCUT2D eigenvalue weighted by atomic mass is 10.2. The van der Waals surface area contributed by atoms with Crippen molar-refractivity contribution in [2.45, 2.75) is 12.7 Å². The molecule has 1 aromatic carbocycles. The highest BCUT2D eigenvalue weighted by Gasteiger charge is 2.05. The van der Waals surface area contributed by atoms with Crippen molar-refractivity contribution in [3.63, 3.8) is 0 Å². The van der Waals surface area contributed by atoms with Crippen molar-refractivity contribution in [1.29, 1.82) is 5.26 Å². The summed E-state index contributed by atoms with van der Waals surface area (Å²) < 4.78 is 0. The Balaban J connectivity index is 1.75. The van der Waals surface area contributed by atoms with Crippen LogP contribution in [0.25, 0.3) is 0 Å². The Hall–Kier alpha value is -1.84. The quantitative estimate of drug-likeness (QED) is 0.921. The van der Waals surface area contributed by atoms with Crippen LogP contribution in [0, 0.1) is 18.3 Å². The summed E-state index contributed by atoms with van der Waals surface area (Å²) in [5, 5.41) is 12.1. The summed E-state index contributed by atoms with van der Waals surface area (Å²) in [5.74, 6) is 1.09. The highest BCUT2D eigenvalue weighted by Crippen LogP contribution is 2.17. The molecule has 0 aliphatic heterocycles. The average Bonchev–Trinajstić information content (AvgIpc) is 2.85. The first-order chi connectivity index (χ1) is 9.67. The summed E-state index contributed by atoms with van der Waals surface area (Å²) in [4.78, 5) is 16.9. The van der Waals surface area contributed by atoms with E-state index >= 15 is 0 Å². The first-order valence-electron chi connectivity index (χ1n) is 5.96. The van der Waals surface area contributed by atoms with Crippen molar-refractivity contribution in [2.24, 2.45) is 0 Å². The van der Waals surface area contributed by atoms with Gasteiger partial charge in [-0.25, -0.2) is 4.98 Å². The van der Waals surface area contributed by atoms with Crippen LogP contribution < -0.4 is 5.32 Å². The van der Waals surface area contributed by atoms with Crippen LogP contribution in [-0.2, 0) is 10.5 Å². The second-order valence-corrected chi connectivity index (χ2v) is 6.35. The van der Waals surface area contributed by atoms with E-state index in [0.717, 1.165) is 16.2 Å². The van der Waals surface area contributed by atoms with Gasteiger partial charge in [0, 0.05) is 16.8 Å². The van der Waals surface area contributed by atoms with Gasteiger partial charge >= 0.3 is 0 Å². The topological polar surface area (TPSA) is 65.8 Å². The molecule has 102 valence electrons. The fraction of sp³-hybridized carbons (Fsp3) is 0.214. The number of aryl methyl sites for hydroxylation is 1. The third kappa shape index (κ3) is 4.37. The molecule has 4 nitrogen and oxygen atoms in total. The molecular formula is C14H13N3OS2. The van der Waals surface area contributed by atoms with Gasteiger partial charge in [0.15, 0.2) is 5.13 Å². The number of thioether (sulfide) groups is 1. The van der Waals surface area contributed by atoms with Crippen molar-refractivity contribution < 1.29 is 4.79 Å². The first-order valence-corrected chi connectivity index (χ1v) is 7.93. The van der Waals surface area contributed by atoms with Gasteiger partial charge in [-0.1, -0.05) is 12.1 Å². The standard InChI is InChI=1S/C14H13N3OS2/c1-10-7-16-14(20-10)17-13(18)9-19-8-12-4-2-11(6-15)3-5-12/h2-5,7H,8-9H2,1H3,(H,16,17,18). The monoisotopic (exact) mass is 303 g/mol. The minimum Gasteiger partial charge on any atom is -0.301 e. The molecule has 1 N–H and O–H groups in total. The van der Waals surface area contributed by atoms with Gasteiger partial charge < -0.3 is 5.32 Å². The van der Waals surface area contributed by atoms with Crippen LogP contribution in [0.15, 0.2) is 30.5 Å². The van der Waals surface area contributed by atoms with E-state index in [0.29, 0.717) is 16.4 Å². The number of nitriles is 1. The van der Waals surface area contributed by atoms with Crippen LogP contribution in [0.2, 0.25) is 0 Å². The van der Waals surface area contributed by atoms with Crippen LogP contribution >= 0.6 is 23.1 Å². The Bertz CT molecular complexity index is 629. The Morgan fingerprint density at radius 2 is 2.20 bits per heavy atom. The highest BCUT2D eigenvalue weighted by atomic mass is 32.2. The van der Waals surface area contributed by atoms with Gasteiger partial charge in [0.2, 0.25) is 5.91 Å². The number of thiazole rings is 1. The van der Waals surface area contributed by atoms with Gasteiger partial charge in [-0.05, 0) is 24.6 Å². The Morgan fingerprint density at radius 1 is 1.45 bits per heavy atom. The number of nitrogens with zero attached hydrogens (tertiary/aromatic N) is 2. The fourth-order valence-corrected chi connectivity index (χ4v) is 2.97. The lowest BCUT2D eigenvalue weighted by molar-refractivity contribution is -0.113. The third-order valence-corrected chi connectivity index (χ3v) is 4.28. The molecule has 1 aromatic heterocycles. The Morgan fingerprint density at radius 3 is 2.80 bits per heavy atom. The molecule has 6 heteroatoms. The van der Waals surface area contributed by atoms with E-state index in [1.165, 1.54) is 23.1 Å². The van der Waals surface area contributed by atoms with Crippen molar-refractivity contribution in [3.05, 3.63) is 46.5 Å². The summed E-state index contributed by atoms with van der Waals surface area (Å²) in [6, 6.07) is 9.47. The molecule has 0 saturated heterocycles. The number of carbonyl (C=O) groups excluding carboxylic acids is 1. The highest BCUT2D eigenvalue weighted by molar-refractivity contribution is 7.99. The summed E-state index contributed by atoms with van der Waals surface area (Å²) >= 11 is 3.00. The molecule has 0 fully saturated rings. The van der Waals surface area contributed by atoms with Crippen LogP contribution in [-0.4, -0.2) is 16.6 Å². The van der Waals surface area contributed by atoms with Gasteiger partial charge in [-0.15, -0.1) is 23.1 Å². The lowest BCUT2D eigenvalue weighted by Gasteiger charge is -2.02. The number of anilines is 1. The number of benzene rings is 1. The minimum atomic E-state index is -0.0435. The molecule has 1 heterocycles. The predicted octanol–water partition coefficient (Wildman–Crippen LogP) is 3.20. The van der Waals surface area contributed by atoms with E-state index in [1.54, 1.807) is 18.3 Å². The molecule has 0 radical (unpaired) electrons. The van der Waals surface area contributed by atoms with Crippen LogP contribution in [0.5, 0.6) is 0 Å². The summed E-state index contributed by atoms with van der Waals surface area (Å²) in [7, 11) is 0. The third-order valence-electron chi connectivity index (χ3n) is 2.45. The second-order valence-electron chi connectivity index (χ2n) is 4.13. The number of aromatic nitrogens is 1. The number of hydrogen-bond acceptors (Lipinski definition) is 5. The van der Waals surface area contributed by atoms with E-state index in [1.807, 2.05) is 19.1 Å². The van der Waals surface area contributed by atoms with Gasteiger partial charge in [0.05, 0.1) is 17.4 Å². The maximum Gasteiger partial charge on any atom is 0.236 e. The van der Waals surface area contributed by atoms with Gasteiger partial charge in [-0.2, -0.15) is 5.26 Å². The SMILES string of the molecule is Cc1cnc(NC(=O)CSCc2ccc(C#N)cc2)s1. The smallest absolute Gasteiger partial charge is 0.236 e. The normalized spacial score (nSPS) is 10.0. The first kappa shape index (κ1) is 14.6. The molecule has 0 bridgehead atoms. The number of nitrogens with one attached hydrogen (secondary N) is 1. The zero-order valence-electron chi connectivity index (χ0n) is 10.9. The van der Waals surface area contributed by atoms with Crippen molar-refractivity contribution in [2.75, 3.05) is 11.1 Å². The largest absolute Gasteiger partial charge is 0.301 e. The molecule has 2 aromatic rings. The van der Waals surface area contributed by atoms with E-state index in [-0.39, 0.29) is 5.91 Å². The summed E-state index contributed by atoms with van der Waals surface area (Å²) in [6.45, 7) is 1.95. The second kappa shape index (κ2) is 7.08. The maximum atomic E-state index is 11.7. The Kier molecular flexibility index (Phi) is 5.16. The van der Waals surface area contributed by atoms with Crippen molar-refractivity contribution in [1.82, 2.24) is 4.98 Å². The molecule has 20 heavy (non-hydrogen) atoms. The number of amides is 1. The molecule has 1 amide bonds. The predicted molar refractivity (Wildman–Crippen MR) is 82.8 cm³/mol. The average molecular weight is 303 g/mol. The van der Waals surface area contributed by atoms with E-state index in [2.05, 4.69) is 16.4 Å². The molecular weight excluding hydrogens is 290 g/mol. The molecule has 0 saturated carbocycles. The van der Waals surface area contributed by atoms with Crippen molar-refractivity contribution in [3.8, 4) is 6.07 Å². The zero-order valence-corrected chi connectivity index (χ0v) is 12.6. The summed E-state index contributed by atoms with van der Waals surface area (Å²) in [5.41, 5.74) is 1.75. The van der Waals surface area contributed by atoms with E-state index < -0.39 is 0 Å². The Labute approximate surface area is 125 Å². The number of carbonyl (C=O) groups is 1. The van der Waals surface area contributed by atoms with Gasteiger partial charge in [-0.3, -0.25) is 4.79 Å². The molecule has 0 spiro atoms. The van der Waals surface area contributed by atoms with Crippen LogP contribution in [0.4, 0.5) is 5.13 Å². The summed E-state index contributed by atoms with van der Waals surface area (Å²) in [6.07, 6.45) is 1.74. The maximum absolute atomic E-state index is 11.7. The zero-order chi connectivity index (χ0) is 14.4. The fourth-order valence-electron chi connectivity index (χ4n) is 1.50. The molecule has 2 rings (SSSR count). The van der Waals surface area contributed by atoms with Crippen molar-refractivity contribution >= 4 is 34.1 Å². The van der Waals surface area contributed by atoms with Crippen LogP contribution in [0.3, 0.4) is 0 Å². The molecule has 0 aliphatic carbocycles. The minimum absolute atomic E-state index is 0.0435. The van der Waals surface area contributed by atoms with E-state index in [4.69, 9.17) is 5.26 Å². The molecule has 0 aliphatic rings. The van der Waals surface area contributed by atoms with E-state index in [9.17, 15) is 4.79 Å². The molecule has 0 atom stereocenters.